The molecule has 3 rings (SSSR count). The quantitative estimate of drug-likeness (QED) is 0.685. The lowest BCUT2D eigenvalue weighted by molar-refractivity contribution is 0.101. The summed E-state index contributed by atoms with van der Waals surface area (Å²) in [5, 5.41) is 5.79. The van der Waals surface area contributed by atoms with Crippen molar-refractivity contribution in [2.45, 2.75) is 11.8 Å². The van der Waals surface area contributed by atoms with Gasteiger partial charge in [-0.25, -0.2) is 13.6 Å². The van der Waals surface area contributed by atoms with Crippen molar-refractivity contribution in [3.8, 4) is 5.75 Å². The Morgan fingerprint density at radius 2 is 1.96 bits per heavy atom. The number of rotatable bonds is 5. The Morgan fingerprint density at radius 3 is 2.64 bits per heavy atom. The molecule has 0 radical (unpaired) electrons. The summed E-state index contributed by atoms with van der Waals surface area (Å²) in [4.78, 5) is 12.3. The molecule has 0 saturated heterocycles. The van der Waals surface area contributed by atoms with E-state index < -0.39 is 15.8 Å². The molecule has 0 unspecified atom stereocenters. The van der Waals surface area contributed by atoms with Crippen LogP contribution < -0.4 is 9.88 Å². The SMILES string of the molecule is CCOc1ccc2cc(C(=O)c3ccc(Cl)c(S(N)(=O)=O)c3)oc2c1. The molecule has 0 aliphatic heterocycles. The van der Waals surface area contributed by atoms with Gasteiger partial charge in [-0.2, -0.15) is 0 Å². The molecule has 0 aliphatic rings. The summed E-state index contributed by atoms with van der Waals surface area (Å²) in [6.07, 6.45) is 0. The van der Waals surface area contributed by atoms with E-state index >= 15 is 0 Å². The molecule has 0 aliphatic carbocycles. The van der Waals surface area contributed by atoms with Gasteiger partial charge in [0.05, 0.1) is 11.6 Å². The number of nitrogens with two attached hydrogens (primary N) is 1. The molecule has 1 aromatic heterocycles. The fourth-order valence-corrected chi connectivity index (χ4v) is 3.46. The number of carbonyl (C=O) groups is 1. The highest BCUT2D eigenvalue weighted by Gasteiger charge is 2.20. The number of halogens is 1. The summed E-state index contributed by atoms with van der Waals surface area (Å²) in [6.45, 7) is 2.38. The Kier molecular flexibility index (Phi) is 4.55. The van der Waals surface area contributed by atoms with Gasteiger partial charge in [-0.3, -0.25) is 4.79 Å². The zero-order valence-electron chi connectivity index (χ0n) is 13.2. The predicted molar refractivity (Wildman–Crippen MR) is 93.6 cm³/mol. The number of furan rings is 1. The number of carbonyl (C=O) groups excluding carboxylic acids is 1. The Balaban J connectivity index is 2.02. The molecule has 25 heavy (non-hydrogen) atoms. The minimum atomic E-state index is -4.04. The van der Waals surface area contributed by atoms with E-state index in [-0.39, 0.29) is 21.2 Å². The van der Waals surface area contributed by atoms with Crippen LogP contribution in [0.15, 0.2) is 51.8 Å². The summed E-state index contributed by atoms with van der Waals surface area (Å²) in [5.74, 6) is 0.230. The van der Waals surface area contributed by atoms with Gasteiger partial charge in [0.2, 0.25) is 15.8 Å². The van der Waals surface area contributed by atoms with Gasteiger partial charge in [0.15, 0.2) is 5.76 Å². The highest BCUT2D eigenvalue weighted by Crippen LogP contribution is 2.27. The highest BCUT2D eigenvalue weighted by molar-refractivity contribution is 7.89. The largest absolute Gasteiger partial charge is 0.494 e. The fraction of sp³-hybridized carbons (Fsp3) is 0.118. The van der Waals surface area contributed by atoms with Crippen LogP contribution in [0.2, 0.25) is 5.02 Å². The van der Waals surface area contributed by atoms with Crippen molar-refractivity contribution in [3.05, 3.63) is 58.8 Å². The van der Waals surface area contributed by atoms with Crippen LogP contribution in [-0.2, 0) is 10.0 Å². The van der Waals surface area contributed by atoms with Crippen molar-refractivity contribution in [2.24, 2.45) is 5.14 Å². The maximum absolute atomic E-state index is 12.6. The molecule has 1 heterocycles. The van der Waals surface area contributed by atoms with Crippen LogP contribution in [0.1, 0.15) is 23.0 Å². The van der Waals surface area contributed by atoms with Gasteiger partial charge in [0.1, 0.15) is 16.2 Å². The first-order chi connectivity index (χ1) is 11.8. The molecule has 130 valence electrons. The summed E-state index contributed by atoms with van der Waals surface area (Å²) in [6, 6.07) is 10.7. The van der Waals surface area contributed by atoms with Crippen LogP contribution >= 0.6 is 11.6 Å². The Hall–Kier alpha value is -2.35. The average molecular weight is 380 g/mol. The molecule has 0 amide bonds. The minimum absolute atomic E-state index is 0.0509. The number of hydrogen-bond donors (Lipinski definition) is 1. The molecule has 3 aromatic rings. The molecule has 0 fully saturated rings. The van der Waals surface area contributed by atoms with Crippen LogP contribution in [-0.4, -0.2) is 20.8 Å². The second-order valence-corrected chi connectivity index (χ2v) is 7.20. The van der Waals surface area contributed by atoms with E-state index in [1.54, 1.807) is 24.3 Å². The van der Waals surface area contributed by atoms with Crippen molar-refractivity contribution in [1.82, 2.24) is 0 Å². The van der Waals surface area contributed by atoms with E-state index in [1.807, 2.05) is 6.92 Å². The maximum atomic E-state index is 12.6. The average Bonchev–Trinajstić information content (AvgIpc) is 2.97. The number of sulfonamides is 1. The number of primary sulfonamides is 1. The second kappa shape index (κ2) is 6.51. The number of fused-ring (bicyclic) bond motifs is 1. The van der Waals surface area contributed by atoms with Crippen molar-refractivity contribution >= 4 is 38.4 Å². The molecular formula is C17H14ClNO5S. The van der Waals surface area contributed by atoms with Gasteiger partial charge < -0.3 is 9.15 Å². The zero-order valence-corrected chi connectivity index (χ0v) is 14.7. The second-order valence-electron chi connectivity index (χ2n) is 5.26. The lowest BCUT2D eigenvalue weighted by Crippen LogP contribution is -2.14. The molecule has 0 bridgehead atoms. The number of ketones is 1. The molecule has 6 nitrogen and oxygen atoms in total. The van der Waals surface area contributed by atoms with E-state index in [9.17, 15) is 13.2 Å². The minimum Gasteiger partial charge on any atom is -0.494 e. The van der Waals surface area contributed by atoms with Crippen molar-refractivity contribution in [2.75, 3.05) is 6.61 Å². The highest BCUT2D eigenvalue weighted by atomic mass is 35.5. The Bertz CT molecular complexity index is 1070. The lowest BCUT2D eigenvalue weighted by Gasteiger charge is -2.04. The van der Waals surface area contributed by atoms with Gasteiger partial charge in [-0.05, 0) is 43.3 Å². The first kappa shape index (κ1) is 17.5. The van der Waals surface area contributed by atoms with E-state index in [4.69, 9.17) is 25.9 Å². The van der Waals surface area contributed by atoms with Crippen LogP contribution in [0, 0.1) is 0 Å². The van der Waals surface area contributed by atoms with E-state index in [0.717, 1.165) is 11.5 Å². The summed E-state index contributed by atoms with van der Waals surface area (Å²) in [7, 11) is -4.04. The first-order valence-electron chi connectivity index (χ1n) is 7.33. The summed E-state index contributed by atoms with van der Waals surface area (Å²) < 4.78 is 34.1. The van der Waals surface area contributed by atoms with Crippen molar-refractivity contribution in [1.29, 1.82) is 0 Å². The van der Waals surface area contributed by atoms with E-state index in [0.29, 0.717) is 17.9 Å². The topological polar surface area (TPSA) is 99.6 Å². The van der Waals surface area contributed by atoms with Crippen LogP contribution in [0.4, 0.5) is 0 Å². The lowest BCUT2D eigenvalue weighted by atomic mass is 10.1. The molecular weight excluding hydrogens is 366 g/mol. The number of benzene rings is 2. The molecule has 0 atom stereocenters. The third-order valence-electron chi connectivity index (χ3n) is 3.53. The van der Waals surface area contributed by atoms with Crippen LogP contribution in [0.3, 0.4) is 0 Å². The molecule has 2 aromatic carbocycles. The molecule has 0 saturated carbocycles. The van der Waals surface area contributed by atoms with E-state index in [1.165, 1.54) is 12.1 Å². The third-order valence-corrected chi connectivity index (χ3v) is 4.92. The van der Waals surface area contributed by atoms with Gasteiger partial charge in [0.25, 0.3) is 0 Å². The van der Waals surface area contributed by atoms with Gasteiger partial charge in [-0.1, -0.05) is 11.6 Å². The molecule has 8 heteroatoms. The zero-order chi connectivity index (χ0) is 18.2. The Morgan fingerprint density at radius 1 is 1.20 bits per heavy atom. The normalized spacial score (nSPS) is 11.6. The van der Waals surface area contributed by atoms with Gasteiger partial charge in [-0.15, -0.1) is 0 Å². The number of ether oxygens (including phenoxy) is 1. The standard InChI is InChI=1S/C17H14ClNO5S/c1-2-23-12-5-3-10-7-15(24-14(10)9-12)17(20)11-4-6-13(18)16(8-11)25(19,21)22/h3-9H,2H2,1H3,(H2,19,21,22). The summed E-state index contributed by atoms with van der Waals surface area (Å²) >= 11 is 5.84. The van der Waals surface area contributed by atoms with Crippen LogP contribution in [0.25, 0.3) is 11.0 Å². The first-order valence-corrected chi connectivity index (χ1v) is 9.25. The predicted octanol–water partition coefficient (Wildman–Crippen LogP) is 3.36. The van der Waals surface area contributed by atoms with Crippen molar-refractivity contribution in [3.63, 3.8) is 0 Å². The number of hydrogen-bond acceptors (Lipinski definition) is 5. The molecule has 0 spiro atoms. The smallest absolute Gasteiger partial charge is 0.239 e. The van der Waals surface area contributed by atoms with E-state index in [2.05, 4.69) is 0 Å². The molecule has 2 N–H and O–H groups in total. The third kappa shape index (κ3) is 3.53. The monoisotopic (exact) mass is 379 g/mol. The Labute approximate surface area is 149 Å². The maximum Gasteiger partial charge on any atom is 0.239 e. The van der Waals surface area contributed by atoms with Gasteiger partial charge in [0, 0.05) is 17.0 Å². The fourth-order valence-electron chi connectivity index (χ4n) is 2.38. The van der Waals surface area contributed by atoms with Crippen LogP contribution in [0.5, 0.6) is 5.75 Å². The summed E-state index contributed by atoms with van der Waals surface area (Å²) in [5.41, 5.74) is 0.604. The van der Waals surface area contributed by atoms with Crippen molar-refractivity contribution < 1.29 is 22.4 Å². The van der Waals surface area contributed by atoms with Gasteiger partial charge >= 0.3 is 0 Å².